The first-order chi connectivity index (χ1) is 59.4. The van der Waals surface area contributed by atoms with Gasteiger partial charge in [0.15, 0.2) is 105 Å². The van der Waals surface area contributed by atoms with Crippen LogP contribution in [-0.2, 0) is 243 Å². The summed E-state index contributed by atoms with van der Waals surface area (Å²) in [6.07, 6.45) is -64.2. The summed E-state index contributed by atoms with van der Waals surface area (Å²) in [6.45, 7) is 11.6. The van der Waals surface area contributed by atoms with E-state index in [-0.39, 0.29) is 0 Å². The van der Waals surface area contributed by atoms with Gasteiger partial charge in [-0.1, -0.05) is 0 Å². The van der Waals surface area contributed by atoms with E-state index in [1.165, 1.54) is 0 Å². The minimum atomic E-state index is -2.44. The first-order valence-corrected chi connectivity index (χ1v) is 38.8. The van der Waals surface area contributed by atoms with Crippen molar-refractivity contribution in [1.82, 2.24) is 0 Å². The van der Waals surface area contributed by atoms with Crippen LogP contribution in [-0.4, -0.2) is 343 Å². The summed E-state index contributed by atoms with van der Waals surface area (Å²) in [6, 6.07) is 0. The smallest absolute Gasteiger partial charge is 0.305 e. The second kappa shape index (κ2) is 48.2. The van der Waals surface area contributed by atoms with E-state index < -0.39 is 343 Å². The largest absolute Gasteiger partial charge is 0.463 e. The minimum absolute atomic E-state index is 0.801. The molecule has 712 valence electrons. The normalized spacial score (nSPS) is 32.6. The van der Waals surface area contributed by atoms with Crippen LogP contribution >= 0.6 is 0 Å². The van der Waals surface area contributed by atoms with E-state index in [0.717, 1.165) is 138 Å². The lowest BCUT2D eigenvalue weighted by Gasteiger charge is -2.52. The molecule has 6 aliphatic heterocycles. The van der Waals surface area contributed by atoms with Gasteiger partial charge < -0.3 is 147 Å². The Morgan fingerprint density at radius 1 is 0.142 bits per heavy atom. The maximum Gasteiger partial charge on any atom is 0.305 e. The molecule has 51 nitrogen and oxygen atoms in total. The van der Waals surface area contributed by atoms with Crippen molar-refractivity contribution in [2.45, 2.75) is 323 Å². The number of hydrogen-bond acceptors (Lipinski definition) is 51. The third-order valence-electron chi connectivity index (χ3n) is 17.9. The fourth-order valence-electron chi connectivity index (χ4n) is 13.9. The highest BCUT2D eigenvalue weighted by Crippen LogP contribution is 2.43. The van der Waals surface area contributed by atoms with Crippen molar-refractivity contribution < 1.29 is 243 Å². The van der Waals surface area contributed by atoms with Gasteiger partial charge in [0.2, 0.25) is 12.4 Å². The molecule has 51 heteroatoms. The van der Waals surface area contributed by atoms with Crippen LogP contribution in [0.2, 0.25) is 0 Å². The summed E-state index contributed by atoms with van der Waals surface area (Å²) < 4.78 is 183. The van der Waals surface area contributed by atoms with Crippen LogP contribution in [0.4, 0.5) is 0 Å². The zero-order valence-electron chi connectivity index (χ0n) is 72.4. The second-order valence-corrected chi connectivity index (χ2v) is 28.6. The van der Waals surface area contributed by atoms with Gasteiger partial charge in [0.05, 0.1) is 0 Å². The van der Waals surface area contributed by atoms with Crippen molar-refractivity contribution in [3.63, 3.8) is 0 Å². The Hall–Kier alpha value is -11.0. The average molecular weight is 1830 g/mol. The van der Waals surface area contributed by atoms with Crippen molar-refractivity contribution in [2.75, 3.05) is 39.6 Å². The summed E-state index contributed by atoms with van der Waals surface area (Å²) in [5.74, 6) is -22.9. The van der Waals surface area contributed by atoms with Gasteiger partial charge in [-0.15, -0.1) is 0 Å². The Labute approximate surface area is 722 Å². The van der Waals surface area contributed by atoms with Crippen molar-refractivity contribution in [1.29, 1.82) is 0 Å². The van der Waals surface area contributed by atoms with Crippen LogP contribution in [0.5, 0.6) is 0 Å². The van der Waals surface area contributed by atoms with Crippen LogP contribution < -0.4 is 0 Å². The van der Waals surface area contributed by atoms with Gasteiger partial charge in [-0.25, -0.2) is 0 Å². The first kappa shape index (κ1) is 105. The first-order valence-electron chi connectivity index (χ1n) is 38.8. The summed E-state index contributed by atoms with van der Waals surface area (Å²) >= 11 is 0. The van der Waals surface area contributed by atoms with Crippen molar-refractivity contribution in [3.8, 4) is 0 Å². The maximum atomic E-state index is 13.8. The van der Waals surface area contributed by atoms with E-state index in [1.54, 1.807) is 0 Å². The fourth-order valence-corrected chi connectivity index (χ4v) is 13.9. The number of esters is 20. The highest BCUT2D eigenvalue weighted by molar-refractivity contribution is 5.73. The lowest BCUT2D eigenvalue weighted by Crippen LogP contribution is -2.70. The molecule has 0 aromatic heterocycles. The van der Waals surface area contributed by atoms with E-state index in [2.05, 4.69) is 0 Å². The summed E-state index contributed by atoms with van der Waals surface area (Å²) in [5, 5.41) is 0. The van der Waals surface area contributed by atoms with Gasteiger partial charge in [-0.2, -0.15) is 0 Å². The monoisotopic (exact) mass is 1830 g/mol. The number of hydrogen-bond donors (Lipinski definition) is 0. The zero-order chi connectivity index (χ0) is 95.0. The van der Waals surface area contributed by atoms with Crippen molar-refractivity contribution >= 4 is 119 Å². The van der Waals surface area contributed by atoms with Crippen LogP contribution in [0, 0.1) is 0 Å². The van der Waals surface area contributed by atoms with E-state index in [1.807, 2.05) is 0 Å². The third kappa shape index (κ3) is 31.7. The Bertz CT molecular complexity index is 3970. The molecule has 6 fully saturated rings. The molecule has 30 atom stereocenters. The second-order valence-electron chi connectivity index (χ2n) is 28.6. The summed E-state index contributed by atoms with van der Waals surface area (Å²) in [4.78, 5) is 263. The number of rotatable bonds is 36. The number of carbonyl (C=O) groups is 20. The lowest BCUT2D eigenvalue weighted by atomic mass is 9.94. The van der Waals surface area contributed by atoms with Crippen LogP contribution in [0.3, 0.4) is 0 Å². The van der Waals surface area contributed by atoms with Gasteiger partial charge in [0.25, 0.3) is 0 Å². The molecule has 0 bridgehead atoms. The maximum absolute atomic E-state index is 13.8. The molecular formula is C76H102O51. The Balaban J connectivity index is 1.55. The Kier molecular flexibility index (Phi) is 39.8. The van der Waals surface area contributed by atoms with E-state index in [4.69, 9.17) is 147 Å². The van der Waals surface area contributed by atoms with Crippen molar-refractivity contribution in [2.24, 2.45) is 0 Å². The standard InChI is InChI=1S/C76H102O51/c1-27(77)97-21-47-53(103-33(7)83)59(104-34(8)84)66(111-41(15)91)72(118-47)124-55-49(23-99-29(3)79)120-74(68(113-43(17)93)61(55)106-36(10)86)126-57-51(25-101-31(5)81)122-76(70(115-45(19)95)63(57)108-38(12)88)127-58-52(26-102-32(6)82)121-75(69(114-44(18)94)64(58)109-39(13)89)125-56-50(24-100-30(4)80)119-73(67(112-42(16)92)62(56)107-37(11)87)123-54-48(22-98-28(2)78)117-71(116-46(20)96)65(110-40(14)90)60(54)105-35(9)85/h47-76H,21-26H2,1-20H3/t47-,48-,49-,50-,51-,52-,53-,54-,55-,56-,57-,58-,59-,60-,61-,62-,63-,64-,65-,66-,67-,68-,69-,70-,71-,72?,73?,74?,75?,76?/m1/s1. The lowest BCUT2D eigenvalue weighted by molar-refractivity contribution is -0.396. The van der Waals surface area contributed by atoms with E-state index >= 15 is 0 Å². The van der Waals surface area contributed by atoms with E-state index in [9.17, 15) is 95.9 Å². The highest BCUT2D eigenvalue weighted by Gasteiger charge is 2.65. The average Bonchev–Trinajstić information content (AvgIpc) is 0.753. The number of ether oxygens (including phenoxy) is 31. The molecule has 6 heterocycles. The van der Waals surface area contributed by atoms with Crippen LogP contribution in [0.15, 0.2) is 0 Å². The molecule has 5 unspecified atom stereocenters. The van der Waals surface area contributed by atoms with Crippen LogP contribution in [0.25, 0.3) is 0 Å². The molecule has 0 N–H and O–H groups in total. The molecular weight excluding hydrogens is 1730 g/mol. The predicted octanol–water partition coefficient (Wildman–Crippen LogP) is -2.68. The molecule has 0 aliphatic carbocycles. The molecule has 0 aromatic rings. The summed E-state index contributed by atoms with van der Waals surface area (Å²) in [5.41, 5.74) is 0. The number of carbonyl (C=O) groups excluding carboxylic acids is 20. The van der Waals surface area contributed by atoms with Crippen molar-refractivity contribution in [3.05, 3.63) is 0 Å². The minimum Gasteiger partial charge on any atom is -0.463 e. The molecule has 6 rings (SSSR count). The summed E-state index contributed by atoms with van der Waals surface area (Å²) in [7, 11) is 0. The quantitative estimate of drug-likeness (QED) is 0.0455. The van der Waals surface area contributed by atoms with Gasteiger partial charge >= 0.3 is 119 Å². The molecule has 0 saturated carbocycles. The Morgan fingerprint density at radius 3 is 0.409 bits per heavy atom. The molecule has 0 spiro atoms. The predicted molar refractivity (Wildman–Crippen MR) is 390 cm³/mol. The highest BCUT2D eigenvalue weighted by atomic mass is 16.8. The molecule has 0 radical (unpaired) electrons. The molecule has 0 amide bonds. The third-order valence-corrected chi connectivity index (χ3v) is 17.9. The van der Waals surface area contributed by atoms with Gasteiger partial charge in [0.1, 0.15) is 107 Å². The fraction of sp³-hybridized carbons (Fsp3) is 0.737. The Morgan fingerprint density at radius 2 is 0.260 bits per heavy atom. The van der Waals surface area contributed by atoms with Gasteiger partial charge in [-0.05, 0) is 0 Å². The molecule has 6 aliphatic rings. The molecule has 127 heavy (non-hydrogen) atoms. The van der Waals surface area contributed by atoms with Crippen LogP contribution in [0.1, 0.15) is 138 Å². The van der Waals surface area contributed by atoms with Gasteiger partial charge in [0, 0.05) is 138 Å². The molecule has 6 saturated heterocycles. The molecule has 0 aromatic carbocycles. The topological polar surface area (TPSA) is 628 Å². The SMILES string of the molecule is CC(=O)OC[C@H]1O[C@@H](OC(C)=O)[C@H](OC(C)=O)[C@H](OC(C)=O)[C@@H]1OC1O[C@H](COC(C)=O)[C@@H](OC2O[C@H](COC(C)=O)[C@@H](OC3O[C@H](COC(C)=O)[C@@H](OC4O[C@H](COC(C)=O)[C@@H](OC5O[C@H](COC(C)=O)[C@@H](OC(C)=O)[C@@H](OC(C)=O)[C@H]5OC(C)=O)[C@@H](OC(C)=O)[C@H]4OC(C)=O)[C@@H](OC(C)=O)[C@H]3OC(C)=O)[C@@H](OC(C)=O)[C@H]2OC(C)=O)[C@@H](OC(C)=O)[C@H]1OC(C)=O. The van der Waals surface area contributed by atoms with E-state index in [0.29, 0.717) is 0 Å². The van der Waals surface area contributed by atoms with Gasteiger partial charge in [-0.3, -0.25) is 95.9 Å². The zero-order valence-corrected chi connectivity index (χ0v) is 72.4.